The van der Waals surface area contributed by atoms with Gasteiger partial charge in [-0.05, 0) is 30.3 Å². The fourth-order valence-electron chi connectivity index (χ4n) is 4.05. The molecular formula is C25H23FN6O7. The van der Waals surface area contributed by atoms with Gasteiger partial charge in [0.2, 0.25) is 0 Å². The van der Waals surface area contributed by atoms with Crippen LogP contribution in [-0.4, -0.2) is 68.5 Å². The molecule has 0 spiro atoms. The third-order valence-corrected chi connectivity index (χ3v) is 5.98. The average Bonchev–Trinajstić information content (AvgIpc) is 3.68. The molecule has 1 fully saturated rings. The zero-order valence-corrected chi connectivity index (χ0v) is 20.4. The molecule has 2 aromatic heterocycles. The predicted octanol–water partition coefficient (Wildman–Crippen LogP) is 2.16. The topological polar surface area (TPSA) is 158 Å². The van der Waals surface area contributed by atoms with Gasteiger partial charge in [0.25, 0.3) is 0 Å². The number of carbonyl (C=O) groups is 3. The minimum atomic E-state index is -1.08. The van der Waals surface area contributed by atoms with Gasteiger partial charge in [-0.25, -0.2) is 13.9 Å². The third kappa shape index (κ3) is 6.18. The lowest BCUT2D eigenvalue weighted by molar-refractivity contribution is -0.150. The van der Waals surface area contributed by atoms with Crippen molar-refractivity contribution in [2.24, 2.45) is 0 Å². The van der Waals surface area contributed by atoms with Crippen molar-refractivity contribution < 1.29 is 38.2 Å². The van der Waals surface area contributed by atoms with E-state index in [-0.39, 0.29) is 26.0 Å². The smallest absolute Gasteiger partial charge is 0.414 e. The second-order valence-corrected chi connectivity index (χ2v) is 8.75. The molecule has 1 amide bonds. The highest BCUT2D eigenvalue weighted by molar-refractivity contribution is 5.90. The van der Waals surface area contributed by atoms with Crippen molar-refractivity contribution in [3.05, 3.63) is 66.5 Å². The van der Waals surface area contributed by atoms with Crippen molar-refractivity contribution in [3.63, 3.8) is 0 Å². The summed E-state index contributed by atoms with van der Waals surface area (Å²) >= 11 is 0. The minimum absolute atomic E-state index is 0.0870. The summed E-state index contributed by atoms with van der Waals surface area (Å²) in [6.45, 7) is 0.507. The molecule has 0 saturated carbocycles. The number of hydrogen-bond donors (Lipinski definition) is 2. The van der Waals surface area contributed by atoms with Crippen LogP contribution in [0.2, 0.25) is 0 Å². The molecule has 13 nitrogen and oxygen atoms in total. The largest absolute Gasteiger partial charge is 0.481 e. The first-order valence-electron chi connectivity index (χ1n) is 11.9. The number of carbonyl (C=O) groups excluding carboxylic acids is 2. The van der Waals surface area contributed by atoms with Gasteiger partial charge in [0.1, 0.15) is 24.6 Å². The second kappa shape index (κ2) is 11.3. The molecule has 2 N–H and O–H groups in total. The standard InChI is InChI=1S/C25H23FN6O7/c26-20-9-16(32-13-18(38-25(32)36)12-31-8-7-28-30-31)2-3-19(20)15-1-4-21(27-11-15)22-10-17(39-29-22)14-37-24(35)6-5-23(33)34/h1-4,7-11,17-18,29H,5-6,12-14H2,(H,33,34)/t17-,18-/m0/s1. The summed E-state index contributed by atoms with van der Waals surface area (Å²) in [7, 11) is 0. The van der Waals surface area contributed by atoms with E-state index in [4.69, 9.17) is 19.4 Å². The number of rotatable bonds is 10. The molecular weight excluding hydrogens is 515 g/mol. The summed E-state index contributed by atoms with van der Waals surface area (Å²) in [5.41, 5.74) is 4.98. The first kappa shape index (κ1) is 25.8. The van der Waals surface area contributed by atoms with E-state index < -0.39 is 36.1 Å². The summed E-state index contributed by atoms with van der Waals surface area (Å²) in [5.74, 6) is -2.24. The third-order valence-electron chi connectivity index (χ3n) is 5.98. The highest BCUT2D eigenvalue weighted by atomic mass is 19.1. The van der Waals surface area contributed by atoms with Gasteiger partial charge in [-0.3, -0.25) is 29.8 Å². The number of aromatic nitrogens is 4. The predicted molar refractivity (Wildman–Crippen MR) is 131 cm³/mol. The highest BCUT2D eigenvalue weighted by Gasteiger charge is 2.33. The van der Waals surface area contributed by atoms with Crippen LogP contribution < -0.4 is 10.4 Å². The normalized spacial score (nSPS) is 18.4. The van der Waals surface area contributed by atoms with Crippen LogP contribution in [0.3, 0.4) is 0 Å². The molecule has 0 radical (unpaired) electrons. The Morgan fingerprint density at radius 3 is 2.82 bits per heavy atom. The zero-order chi connectivity index (χ0) is 27.4. The molecule has 2 aliphatic rings. The van der Waals surface area contributed by atoms with E-state index in [0.717, 1.165) is 0 Å². The number of ether oxygens (including phenoxy) is 2. The maximum atomic E-state index is 15.1. The van der Waals surface area contributed by atoms with Crippen LogP contribution in [-0.2, 0) is 30.4 Å². The lowest BCUT2D eigenvalue weighted by Gasteiger charge is -2.14. The van der Waals surface area contributed by atoms with Crippen LogP contribution in [0.15, 0.2) is 55.0 Å². The van der Waals surface area contributed by atoms with E-state index >= 15 is 4.39 Å². The fraction of sp³-hybridized carbons (Fsp3) is 0.280. The first-order valence-corrected chi connectivity index (χ1v) is 11.9. The molecule has 1 saturated heterocycles. The Kier molecular flexibility index (Phi) is 7.45. The minimum Gasteiger partial charge on any atom is -0.481 e. The summed E-state index contributed by atoms with van der Waals surface area (Å²) in [4.78, 5) is 45.6. The highest BCUT2D eigenvalue weighted by Crippen LogP contribution is 2.30. The monoisotopic (exact) mass is 538 g/mol. The maximum Gasteiger partial charge on any atom is 0.414 e. The quantitative estimate of drug-likeness (QED) is 0.364. The molecule has 0 aliphatic carbocycles. The van der Waals surface area contributed by atoms with Gasteiger partial charge in [0, 0.05) is 23.5 Å². The Labute approximate surface area is 220 Å². The van der Waals surface area contributed by atoms with Crippen molar-refractivity contribution in [2.45, 2.75) is 31.6 Å². The molecule has 14 heteroatoms. The average molecular weight is 538 g/mol. The number of cyclic esters (lactones) is 1. The van der Waals surface area contributed by atoms with Gasteiger partial charge in [-0.1, -0.05) is 11.3 Å². The number of pyridine rings is 1. The van der Waals surface area contributed by atoms with Crippen LogP contribution in [0.5, 0.6) is 0 Å². The molecule has 3 aromatic rings. The molecule has 1 aromatic carbocycles. The lowest BCUT2D eigenvalue weighted by Crippen LogP contribution is -2.26. The van der Waals surface area contributed by atoms with E-state index in [9.17, 15) is 14.4 Å². The van der Waals surface area contributed by atoms with Gasteiger partial charge in [0.05, 0.1) is 49.2 Å². The Bertz CT molecular complexity index is 1400. The first-order chi connectivity index (χ1) is 18.9. The Morgan fingerprint density at radius 2 is 2.10 bits per heavy atom. The van der Waals surface area contributed by atoms with Crippen molar-refractivity contribution in [1.29, 1.82) is 0 Å². The number of aliphatic carboxylic acids is 1. The Hall–Kier alpha value is -4.85. The van der Waals surface area contributed by atoms with E-state index in [2.05, 4.69) is 20.8 Å². The number of nitrogens with zero attached hydrogens (tertiary/aromatic N) is 5. The molecule has 0 bridgehead atoms. The van der Waals surface area contributed by atoms with Crippen LogP contribution in [0.4, 0.5) is 14.9 Å². The van der Waals surface area contributed by atoms with Crippen molar-refractivity contribution in [1.82, 2.24) is 25.5 Å². The van der Waals surface area contributed by atoms with Crippen LogP contribution in [0, 0.1) is 5.82 Å². The number of nitrogens with one attached hydrogen (secondary N) is 1. The number of anilines is 1. The number of carboxylic acids is 1. The summed E-state index contributed by atoms with van der Waals surface area (Å²) in [6.07, 6.45) is 4.27. The molecule has 2 atom stereocenters. The lowest BCUT2D eigenvalue weighted by atomic mass is 10.1. The van der Waals surface area contributed by atoms with Crippen LogP contribution >= 0.6 is 0 Å². The number of carboxylic acid groups (broad SMARTS) is 1. The Balaban J connectivity index is 1.19. The molecule has 39 heavy (non-hydrogen) atoms. The van der Waals surface area contributed by atoms with Crippen molar-refractivity contribution in [2.75, 3.05) is 18.1 Å². The fourth-order valence-corrected chi connectivity index (χ4v) is 4.05. The second-order valence-electron chi connectivity index (χ2n) is 8.75. The molecule has 2 aliphatic heterocycles. The van der Waals surface area contributed by atoms with Crippen molar-refractivity contribution in [3.8, 4) is 11.1 Å². The van der Waals surface area contributed by atoms with Crippen LogP contribution in [0.1, 0.15) is 18.5 Å². The molecule has 0 unspecified atom stereocenters. The van der Waals surface area contributed by atoms with E-state index in [1.54, 1.807) is 41.2 Å². The number of amides is 1. The summed E-state index contributed by atoms with van der Waals surface area (Å²) < 4.78 is 27.0. The number of halogens is 1. The number of hydrogen-bond acceptors (Lipinski definition) is 10. The maximum absolute atomic E-state index is 15.1. The van der Waals surface area contributed by atoms with Gasteiger partial charge in [0.15, 0.2) is 0 Å². The number of hydroxylamine groups is 1. The molecule has 4 heterocycles. The Morgan fingerprint density at radius 1 is 1.23 bits per heavy atom. The van der Waals surface area contributed by atoms with Gasteiger partial charge in [-0.15, -0.1) is 5.10 Å². The SMILES string of the molecule is O=C(O)CCC(=O)OC[C@@H]1C=C(c2ccc(-c3ccc(N4C[C@H](Cn5ccnn5)OC4=O)cc3F)cn2)NO1. The number of esters is 1. The van der Waals surface area contributed by atoms with E-state index in [0.29, 0.717) is 34.8 Å². The number of benzene rings is 1. The van der Waals surface area contributed by atoms with Crippen LogP contribution in [0.25, 0.3) is 16.8 Å². The van der Waals surface area contributed by atoms with Gasteiger partial charge < -0.3 is 14.6 Å². The summed E-state index contributed by atoms with van der Waals surface area (Å²) in [6, 6.07) is 7.87. The summed E-state index contributed by atoms with van der Waals surface area (Å²) in [5, 5.41) is 16.2. The molecule has 5 rings (SSSR count). The van der Waals surface area contributed by atoms with Gasteiger partial charge in [-0.2, -0.15) is 0 Å². The van der Waals surface area contributed by atoms with Gasteiger partial charge >= 0.3 is 18.0 Å². The van der Waals surface area contributed by atoms with E-state index in [1.165, 1.54) is 23.4 Å². The molecule has 202 valence electrons. The zero-order valence-electron chi connectivity index (χ0n) is 20.4. The van der Waals surface area contributed by atoms with Crippen molar-refractivity contribution >= 4 is 29.4 Å². The van der Waals surface area contributed by atoms with E-state index in [1.807, 2.05) is 0 Å².